The quantitative estimate of drug-likeness (QED) is 0.875. The molecular weight excluding hydrogens is 296 g/mol. The van der Waals surface area contributed by atoms with E-state index in [0.717, 1.165) is 42.9 Å². The van der Waals surface area contributed by atoms with Crippen molar-refractivity contribution in [3.05, 3.63) is 15.4 Å². The van der Waals surface area contributed by atoms with Crippen molar-refractivity contribution in [3.63, 3.8) is 0 Å². The van der Waals surface area contributed by atoms with E-state index < -0.39 is 10.0 Å². The molecule has 114 valence electrons. The van der Waals surface area contributed by atoms with Crippen molar-refractivity contribution in [1.29, 1.82) is 0 Å². The smallest absolute Gasteiger partial charge is 0.305 e. The van der Waals surface area contributed by atoms with Gasteiger partial charge in [0.05, 0.1) is 0 Å². The third-order valence-electron chi connectivity index (χ3n) is 3.89. The summed E-state index contributed by atoms with van der Waals surface area (Å²) in [5, 5.41) is 0. The molecule has 0 aromatic carbocycles. The van der Waals surface area contributed by atoms with Crippen LogP contribution < -0.4 is 9.60 Å². The maximum atomic E-state index is 12.3. The van der Waals surface area contributed by atoms with Crippen molar-refractivity contribution < 1.29 is 8.42 Å². The predicted molar refractivity (Wildman–Crippen MR) is 80.7 cm³/mol. The largest absolute Gasteiger partial charge is 0.315 e. The average molecular weight is 318 g/mol. The molecule has 2 N–H and O–H groups in total. The molecule has 0 unspecified atom stereocenters. The molecular formula is C13H22N2O3S2. The molecule has 1 aromatic heterocycles. The van der Waals surface area contributed by atoms with Crippen LogP contribution >= 0.6 is 11.3 Å². The Morgan fingerprint density at radius 3 is 2.45 bits per heavy atom. The van der Waals surface area contributed by atoms with Gasteiger partial charge in [0.2, 0.25) is 0 Å². The maximum Gasteiger partial charge on any atom is 0.305 e. The zero-order valence-corrected chi connectivity index (χ0v) is 13.6. The molecule has 5 nitrogen and oxygen atoms in total. The molecule has 20 heavy (non-hydrogen) atoms. The van der Waals surface area contributed by atoms with E-state index in [4.69, 9.17) is 0 Å². The van der Waals surface area contributed by atoms with Gasteiger partial charge in [0, 0.05) is 11.7 Å². The first-order chi connectivity index (χ1) is 9.42. The lowest BCUT2D eigenvalue weighted by molar-refractivity contribution is 0.297. The molecule has 2 rings (SSSR count). The lowest BCUT2D eigenvalue weighted by Crippen LogP contribution is -2.37. The number of rotatable bonds is 5. The van der Waals surface area contributed by atoms with Crippen LogP contribution in [0, 0.1) is 12.8 Å². The second-order valence-electron chi connectivity index (χ2n) is 5.55. The molecule has 0 bridgehead atoms. The summed E-state index contributed by atoms with van der Waals surface area (Å²) >= 11 is 0.757. The number of hydrogen-bond donors (Lipinski definition) is 2. The monoisotopic (exact) mass is 318 g/mol. The summed E-state index contributed by atoms with van der Waals surface area (Å²) in [6, 6.07) is 0.00436. The lowest BCUT2D eigenvalue weighted by atomic mass is 9.84. The van der Waals surface area contributed by atoms with E-state index in [2.05, 4.69) is 16.6 Å². The number of nitrogens with one attached hydrogen (secondary N) is 2. The first-order valence-electron chi connectivity index (χ1n) is 7.14. The molecule has 1 fully saturated rings. The van der Waals surface area contributed by atoms with Gasteiger partial charge in [0.1, 0.15) is 0 Å². The van der Waals surface area contributed by atoms with E-state index >= 15 is 0 Å². The minimum atomic E-state index is -3.56. The van der Waals surface area contributed by atoms with E-state index in [1.807, 2.05) is 0 Å². The highest BCUT2D eigenvalue weighted by Crippen LogP contribution is 2.29. The Kier molecular flexibility index (Phi) is 5.04. The van der Waals surface area contributed by atoms with Crippen LogP contribution in [0.4, 0.5) is 0 Å². The highest BCUT2D eigenvalue weighted by atomic mass is 32.2. The fourth-order valence-electron chi connectivity index (χ4n) is 2.90. The van der Waals surface area contributed by atoms with Crippen LogP contribution in [0.2, 0.25) is 0 Å². The SMILES string of the molecule is CCCC1CCC(NS(=O)(=O)c2sc(=O)[nH]c2C)CC1. The summed E-state index contributed by atoms with van der Waals surface area (Å²) in [6.45, 7) is 3.80. The minimum Gasteiger partial charge on any atom is -0.315 e. The van der Waals surface area contributed by atoms with Gasteiger partial charge in [-0.2, -0.15) is 0 Å². The number of hydrogen-bond acceptors (Lipinski definition) is 4. The summed E-state index contributed by atoms with van der Waals surface area (Å²) in [5.41, 5.74) is 0.423. The molecule has 0 radical (unpaired) electrons. The van der Waals surface area contributed by atoms with Crippen LogP contribution in [0.5, 0.6) is 0 Å². The zero-order valence-electron chi connectivity index (χ0n) is 11.9. The van der Waals surface area contributed by atoms with E-state index in [1.165, 1.54) is 12.8 Å². The fraction of sp³-hybridized carbons (Fsp3) is 0.769. The number of aryl methyl sites for hydroxylation is 1. The third-order valence-corrected chi connectivity index (χ3v) is 7.02. The van der Waals surface area contributed by atoms with Crippen molar-refractivity contribution in [2.24, 2.45) is 5.92 Å². The first-order valence-corrected chi connectivity index (χ1v) is 9.44. The van der Waals surface area contributed by atoms with Crippen LogP contribution in [0.15, 0.2) is 9.00 Å². The standard InChI is InChI=1S/C13H22N2O3S2/c1-3-4-10-5-7-11(8-6-10)15-20(17,18)12-9(2)14-13(16)19-12/h10-11,15H,3-8H2,1-2H3,(H,14,16). The highest BCUT2D eigenvalue weighted by Gasteiger charge is 2.27. The van der Waals surface area contributed by atoms with Crippen molar-refractivity contribution in [1.82, 2.24) is 9.71 Å². The second-order valence-corrected chi connectivity index (χ2v) is 8.45. The Morgan fingerprint density at radius 1 is 1.30 bits per heavy atom. The van der Waals surface area contributed by atoms with Gasteiger partial charge < -0.3 is 4.98 Å². The summed E-state index contributed by atoms with van der Waals surface area (Å²) in [7, 11) is -3.56. The normalized spacial score (nSPS) is 23.9. The average Bonchev–Trinajstić information content (AvgIpc) is 2.72. The predicted octanol–water partition coefficient (Wildman–Crippen LogP) is 2.38. The molecule has 7 heteroatoms. The summed E-state index contributed by atoms with van der Waals surface area (Å²) in [4.78, 5) is 13.4. The van der Waals surface area contributed by atoms with Crippen LogP contribution in [0.1, 0.15) is 51.1 Å². The third kappa shape index (κ3) is 3.71. The van der Waals surface area contributed by atoms with Gasteiger partial charge >= 0.3 is 4.87 Å². The van der Waals surface area contributed by atoms with E-state index in [9.17, 15) is 13.2 Å². The Bertz CT molecular complexity index is 595. The van der Waals surface area contributed by atoms with E-state index in [1.54, 1.807) is 6.92 Å². The number of sulfonamides is 1. The molecule has 0 atom stereocenters. The van der Waals surface area contributed by atoms with Crippen molar-refractivity contribution >= 4 is 21.4 Å². The highest BCUT2D eigenvalue weighted by molar-refractivity contribution is 7.91. The van der Waals surface area contributed by atoms with Crippen LogP contribution in [0.25, 0.3) is 0 Å². The van der Waals surface area contributed by atoms with Gasteiger partial charge in [-0.1, -0.05) is 31.1 Å². The lowest BCUT2D eigenvalue weighted by Gasteiger charge is -2.28. The molecule has 0 amide bonds. The summed E-state index contributed by atoms with van der Waals surface area (Å²) in [6.07, 6.45) is 6.38. The minimum absolute atomic E-state index is 0.00436. The Labute approximate surface area is 123 Å². The molecule has 1 aliphatic rings. The molecule has 1 saturated carbocycles. The Hall–Kier alpha value is -0.660. The summed E-state index contributed by atoms with van der Waals surface area (Å²) in [5.74, 6) is 0.741. The Balaban J connectivity index is 2.00. The topological polar surface area (TPSA) is 79.0 Å². The number of aromatic amines is 1. The molecule has 1 aromatic rings. The number of H-pyrrole nitrogens is 1. The van der Waals surface area contributed by atoms with Gasteiger partial charge in [-0.15, -0.1) is 0 Å². The van der Waals surface area contributed by atoms with Gasteiger partial charge in [-0.3, -0.25) is 4.79 Å². The van der Waals surface area contributed by atoms with Gasteiger partial charge in [-0.25, -0.2) is 13.1 Å². The number of thiazole rings is 1. The van der Waals surface area contributed by atoms with Crippen LogP contribution in [0.3, 0.4) is 0 Å². The molecule has 1 aliphatic carbocycles. The zero-order chi connectivity index (χ0) is 14.8. The molecule has 1 heterocycles. The molecule has 0 saturated heterocycles. The fourth-order valence-corrected chi connectivity index (χ4v) is 5.52. The first kappa shape index (κ1) is 15.7. The Morgan fingerprint density at radius 2 is 1.95 bits per heavy atom. The maximum absolute atomic E-state index is 12.3. The molecule has 0 spiro atoms. The number of aromatic nitrogens is 1. The van der Waals surface area contributed by atoms with Gasteiger partial charge in [0.25, 0.3) is 10.0 Å². The summed E-state index contributed by atoms with van der Waals surface area (Å²) < 4.78 is 27.4. The van der Waals surface area contributed by atoms with Crippen molar-refractivity contribution in [3.8, 4) is 0 Å². The van der Waals surface area contributed by atoms with Crippen LogP contribution in [-0.2, 0) is 10.0 Å². The van der Waals surface area contributed by atoms with Crippen molar-refractivity contribution in [2.45, 2.75) is 62.6 Å². The van der Waals surface area contributed by atoms with Gasteiger partial charge in [-0.05, 0) is 38.5 Å². The van der Waals surface area contributed by atoms with Crippen LogP contribution in [-0.4, -0.2) is 19.4 Å². The van der Waals surface area contributed by atoms with Crippen molar-refractivity contribution in [2.75, 3.05) is 0 Å². The van der Waals surface area contributed by atoms with E-state index in [-0.39, 0.29) is 15.1 Å². The van der Waals surface area contributed by atoms with Gasteiger partial charge in [0.15, 0.2) is 4.21 Å². The van der Waals surface area contributed by atoms with E-state index in [0.29, 0.717) is 5.69 Å². The second kappa shape index (κ2) is 6.41. The molecule has 0 aliphatic heterocycles.